The lowest BCUT2D eigenvalue weighted by molar-refractivity contribution is -0.120. The van der Waals surface area contributed by atoms with E-state index in [0.717, 1.165) is 51.1 Å². The Kier molecular flexibility index (Phi) is 7.18. The first-order valence-electron chi connectivity index (χ1n) is 9.29. The number of amides is 1. The van der Waals surface area contributed by atoms with Gasteiger partial charge in [-0.05, 0) is 30.5 Å². The highest BCUT2D eigenvalue weighted by Gasteiger charge is 2.30. The zero-order valence-electron chi connectivity index (χ0n) is 15.1. The highest BCUT2D eigenvalue weighted by Crippen LogP contribution is 2.30. The lowest BCUT2D eigenvalue weighted by Crippen LogP contribution is -2.47. The Hall–Kier alpha value is -0.850. The molecule has 7 heteroatoms. The molecule has 5 nitrogen and oxygen atoms in total. The molecule has 144 valence electrons. The maximum absolute atomic E-state index is 11.2. The third-order valence-electron chi connectivity index (χ3n) is 5.23. The van der Waals surface area contributed by atoms with Gasteiger partial charge in [-0.15, -0.1) is 0 Å². The molecule has 2 atom stereocenters. The molecule has 0 saturated carbocycles. The van der Waals surface area contributed by atoms with Crippen molar-refractivity contribution in [3.05, 3.63) is 33.8 Å². The highest BCUT2D eigenvalue weighted by molar-refractivity contribution is 6.42. The topological polar surface area (TPSA) is 53.6 Å². The van der Waals surface area contributed by atoms with Crippen LogP contribution in [0, 0.1) is 0 Å². The molecule has 1 aromatic rings. The van der Waals surface area contributed by atoms with Gasteiger partial charge in [0, 0.05) is 51.6 Å². The molecule has 1 aromatic carbocycles. The summed E-state index contributed by atoms with van der Waals surface area (Å²) in [5.74, 6) is 0.293. The second kappa shape index (κ2) is 9.38. The van der Waals surface area contributed by atoms with Gasteiger partial charge in [-0.1, -0.05) is 29.3 Å². The van der Waals surface area contributed by atoms with Crippen molar-refractivity contribution < 1.29 is 9.53 Å². The van der Waals surface area contributed by atoms with Crippen molar-refractivity contribution in [1.82, 2.24) is 15.5 Å². The minimum absolute atomic E-state index is 0.0568. The average Bonchev–Trinajstić information content (AvgIpc) is 2.84. The summed E-state index contributed by atoms with van der Waals surface area (Å²) in [4.78, 5) is 13.7. The lowest BCUT2D eigenvalue weighted by Gasteiger charge is -2.36. The maximum Gasteiger partial charge on any atom is 0.217 e. The largest absolute Gasteiger partial charge is 0.375 e. The Morgan fingerprint density at radius 2 is 2.08 bits per heavy atom. The first kappa shape index (κ1) is 19.9. The molecule has 0 bridgehead atoms. The number of carbonyl (C=O) groups is 1. The molecule has 26 heavy (non-hydrogen) atoms. The predicted octanol–water partition coefficient (Wildman–Crippen LogP) is 2.67. The van der Waals surface area contributed by atoms with E-state index in [0.29, 0.717) is 22.7 Å². The van der Waals surface area contributed by atoms with Crippen LogP contribution in [0.25, 0.3) is 0 Å². The first-order valence-corrected chi connectivity index (χ1v) is 10.0. The van der Waals surface area contributed by atoms with E-state index in [1.54, 1.807) is 6.92 Å². The number of piperidine rings is 1. The fraction of sp³-hybridized carbons (Fsp3) is 0.632. The molecule has 3 rings (SSSR count). The minimum Gasteiger partial charge on any atom is -0.375 e. The normalized spacial score (nSPS) is 25.7. The molecule has 2 heterocycles. The number of hydrogen-bond donors (Lipinski definition) is 2. The second-order valence-corrected chi connectivity index (χ2v) is 7.98. The molecule has 0 radical (unpaired) electrons. The quantitative estimate of drug-likeness (QED) is 0.816. The van der Waals surface area contributed by atoms with Crippen molar-refractivity contribution in [1.29, 1.82) is 0 Å². The van der Waals surface area contributed by atoms with Crippen molar-refractivity contribution in [3.63, 3.8) is 0 Å². The molecule has 0 unspecified atom stereocenters. The lowest BCUT2D eigenvalue weighted by atomic mass is 9.92. The molecular formula is C19H27Cl2N3O2. The smallest absolute Gasteiger partial charge is 0.217 e. The van der Waals surface area contributed by atoms with E-state index in [2.05, 4.69) is 15.5 Å². The van der Waals surface area contributed by atoms with Crippen LogP contribution >= 0.6 is 23.2 Å². The van der Waals surface area contributed by atoms with Gasteiger partial charge in [-0.25, -0.2) is 0 Å². The monoisotopic (exact) mass is 399 g/mol. The van der Waals surface area contributed by atoms with Crippen LogP contribution < -0.4 is 10.6 Å². The van der Waals surface area contributed by atoms with Crippen LogP contribution in [0.1, 0.15) is 31.2 Å². The standard InChI is InChI=1S/C19H27Cl2N3O2/c1-13(25)23-15-4-7-24(8-5-15)12-19-16(11-22-6-9-26-19)14-2-3-17(20)18(21)10-14/h2-3,10,15-16,19,22H,4-9,11-12H2,1H3,(H,23,25)/t16-,19+/m1/s1. The fourth-order valence-corrected chi connectivity index (χ4v) is 4.15. The molecule has 2 aliphatic heterocycles. The molecule has 0 aliphatic carbocycles. The van der Waals surface area contributed by atoms with Crippen molar-refractivity contribution in [3.8, 4) is 0 Å². The van der Waals surface area contributed by atoms with Crippen LogP contribution in [0.5, 0.6) is 0 Å². The number of nitrogens with zero attached hydrogens (tertiary/aromatic N) is 1. The van der Waals surface area contributed by atoms with Crippen molar-refractivity contribution in [2.24, 2.45) is 0 Å². The number of rotatable bonds is 4. The van der Waals surface area contributed by atoms with Crippen LogP contribution in [0.2, 0.25) is 10.0 Å². The Bertz CT molecular complexity index is 621. The van der Waals surface area contributed by atoms with Gasteiger partial charge < -0.3 is 20.3 Å². The van der Waals surface area contributed by atoms with Crippen LogP contribution in [-0.2, 0) is 9.53 Å². The van der Waals surface area contributed by atoms with Crippen molar-refractivity contribution in [2.75, 3.05) is 39.3 Å². The molecule has 2 fully saturated rings. The molecule has 2 saturated heterocycles. The third kappa shape index (κ3) is 5.33. The van der Waals surface area contributed by atoms with Gasteiger partial charge in [-0.3, -0.25) is 4.79 Å². The van der Waals surface area contributed by atoms with Gasteiger partial charge in [0.1, 0.15) is 0 Å². The van der Waals surface area contributed by atoms with Gasteiger partial charge in [0.15, 0.2) is 0 Å². The van der Waals surface area contributed by atoms with Crippen molar-refractivity contribution in [2.45, 2.75) is 37.8 Å². The first-order chi connectivity index (χ1) is 12.5. The summed E-state index contributed by atoms with van der Waals surface area (Å²) in [7, 11) is 0. The van der Waals surface area contributed by atoms with E-state index in [4.69, 9.17) is 27.9 Å². The predicted molar refractivity (Wildman–Crippen MR) is 105 cm³/mol. The molecule has 1 amide bonds. The molecule has 0 spiro atoms. The van der Waals surface area contributed by atoms with Gasteiger partial charge in [-0.2, -0.15) is 0 Å². The van der Waals surface area contributed by atoms with Gasteiger partial charge in [0.05, 0.1) is 22.8 Å². The average molecular weight is 400 g/mol. The van der Waals surface area contributed by atoms with E-state index in [1.165, 1.54) is 0 Å². The number of halogens is 2. The Labute approximate surface area is 165 Å². The molecule has 0 aromatic heterocycles. The van der Waals surface area contributed by atoms with Crippen LogP contribution in [0.3, 0.4) is 0 Å². The number of benzene rings is 1. The Morgan fingerprint density at radius 1 is 1.31 bits per heavy atom. The fourth-order valence-electron chi connectivity index (χ4n) is 3.84. The third-order valence-corrected chi connectivity index (χ3v) is 5.97. The Morgan fingerprint density at radius 3 is 2.77 bits per heavy atom. The molecule has 2 N–H and O–H groups in total. The summed E-state index contributed by atoms with van der Waals surface area (Å²) in [6, 6.07) is 6.16. The SMILES string of the molecule is CC(=O)NC1CCN(C[C@@H]2OCCNC[C@@H]2c2ccc(Cl)c(Cl)c2)CC1. The number of likely N-dealkylation sites (tertiary alicyclic amines) is 1. The van der Waals surface area contributed by atoms with Gasteiger partial charge in [0.2, 0.25) is 5.91 Å². The summed E-state index contributed by atoms with van der Waals surface area (Å²) >= 11 is 12.3. The van der Waals surface area contributed by atoms with Gasteiger partial charge >= 0.3 is 0 Å². The molecular weight excluding hydrogens is 373 g/mol. The van der Waals surface area contributed by atoms with Crippen LogP contribution in [0.4, 0.5) is 0 Å². The van der Waals surface area contributed by atoms with E-state index in [-0.39, 0.29) is 17.9 Å². The number of carbonyl (C=O) groups excluding carboxylic acids is 1. The summed E-state index contributed by atoms with van der Waals surface area (Å²) in [5, 5.41) is 7.65. The van der Waals surface area contributed by atoms with Gasteiger partial charge in [0.25, 0.3) is 0 Å². The zero-order chi connectivity index (χ0) is 18.5. The van der Waals surface area contributed by atoms with E-state index >= 15 is 0 Å². The zero-order valence-corrected chi connectivity index (χ0v) is 16.7. The minimum atomic E-state index is 0.0568. The van der Waals surface area contributed by atoms with Crippen LogP contribution in [0.15, 0.2) is 18.2 Å². The number of nitrogens with one attached hydrogen (secondary N) is 2. The maximum atomic E-state index is 11.2. The summed E-state index contributed by atoms with van der Waals surface area (Å²) in [5.41, 5.74) is 1.16. The number of ether oxygens (including phenoxy) is 1. The second-order valence-electron chi connectivity index (χ2n) is 7.17. The van der Waals surface area contributed by atoms with E-state index < -0.39 is 0 Å². The van der Waals surface area contributed by atoms with Crippen molar-refractivity contribution >= 4 is 29.1 Å². The summed E-state index contributed by atoms with van der Waals surface area (Å²) in [6.45, 7) is 6.87. The Balaban J connectivity index is 1.64. The van der Waals surface area contributed by atoms with E-state index in [1.807, 2.05) is 18.2 Å². The number of hydrogen-bond acceptors (Lipinski definition) is 4. The van der Waals surface area contributed by atoms with E-state index in [9.17, 15) is 4.79 Å². The molecule has 2 aliphatic rings. The van der Waals surface area contributed by atoms with Crippen LogP contribution in [-0.4, -0.2) is 62.3 Å². The highest BCUT2D eigenvalue weighted by atomic mass is 35.5. The summed E-state index contributed by atoms with van der Waals surface area (Å²) < 4.78 is 6.18. The summed E-state index contributed by atoms with van der Waals surface area (Å²) in [6.07, 6.45) is 2.09.